The first-order valence-corrected chi connectivity index (χ1v) is 27.6. The summed E-state index contributed by atoms with van der Waals surface area (Å²) in [5.41, 5.74) is 0. The second kappa shape index (κ2) is 57.3. The van der Waals surface area contributed by atoms with Crippen molar-refractivity contribution in [3.63, 3.8) is 0 Å². The van der Waals surface area contributed by atoms with Gasteiger partial charge in [-0.2, -0.15) is 0 Å². The molecule has 71 heavy (non-hydrogen) atoms. The van der Waals surface area contributed by atoms with Gasteiger partial charge in [0.25, 0.3) is 0 Å². The van der Waals surface area contributed by atoms with Crippen LogP contribution in [0.25, 0.3) is 0 Å². The number of hydrogen-bond donors (Lipinski definition) is 0. The van der Waals surface area contributed by atoms with Gasteiger partial charge in [-0.25, -0.2) is 0 Å². The minimum absolute atomic E-state index is 0.138. The standard InChI is InChI=1S/C65H98O6/c1-4-7-10-13-16-19-22-25-27-29-30-31-32-33-34-36-37-40-43-46-49-52-55-58-64(67)70-61-62(60-69-63(66)57-54-51-48-45-42-39-24-21-18-15-12-9-6-3)71-65(68)59-56-53-50-47-44-41-38-35-28-26-23-20-17-14-11-8-5-2/h7-12,16-21,25-28,30-31,33-34,38-39,41-42,47-48,50-51,62H,4-6,13-15,22-24,29,32,35-37,40,43-46,49,52-61H2,1-3H3/b10-7-,11-8-,12-9-,19-16-,20-17-,21-18-,27-25-,28-26-,31-30-,34-33-,41-38-,42-39-,50-47-,51-48-. The number of carbonyl (C=O) groups excluding carboxylic acids is 3. The number of unbranched alkanes of at least 4 members (excludes halogenated alkanes) is 8. The van der Waals surface area contributed by atoms with E-state index >= 15 is 0 Å². The number of ether oxygens (including phenoxy) is 3. The number of carbonyl (C=O) groups is 3. The Morgan fingerprint density at radius 1 is 0.282 bits per heavy atom. The van der Waals surface area contributed by atoms with Crippen LogP contribution >= 0.6 is 0 Å². The van der Waals surface area contributed by atoms with Crippen molar-refractivity contribution in [1.29, 1.82) is 0 Å². The molecule has 6 nitrogen and oxygen atoms in total. The molecular formula is C65H98O6. The smallest absolute Gasteiger partial charge is 0.306 e. The quantitative estimate of drug-likeness (QED) is 0.0262. The molecule has 0 radical (unpaired) electrons. The highest BCUT2D eigenvalue weighted by Crippen LogP contribution is 2.12. The lowest BCUT2D eigenvalue weighted by Gasteiger charge is -2.18. The molecule has 0 aromatic heterocycles. The maximum atomic E-state index is 12.8. The predicted octanol–water partition coefficient (Wildman–Crippen LogP) is 18.8. The third-order valence-electron chi connectivity index (χ3n) is 10.7. The van der Waals surface area contributed by atoms with Gasteiger partial charge in [0.05, 0.1) is 0 Å². The van der Waals surface area contributed by atoms with Crippen molar-refractivity contribution in [2.45, 2.75) is 207 Å². The molecule has 0 saturated heterocycles. The van der Waals surface area contributed by atoms with Crippen molar-refractivity contribution in [1.82, 2.24) is 0 Å². The van der Waals surface area contributed by atoms with Crippen LogP contribution in [0.2, 0.25) is 0 Å². The van der Waals surface area contributed by atoms with Gasteiger partial charge in [0.2, 0.25) is 0 Å². The van der Waals surface area contributed by atoms with Crippen molar-refractivity contribution in [2.24, 2.45) is 0 Å². The third kappa shape index (κ3) is 55.6. The summed E-state index contributed by atoms with van der Waals surface area (Å²) >= 11 is 0. The molecule has 0 aromatic rings. The maximum Gasteiger partial charge on any atom is 0.306 e. The Balaban J connectivity index is 4.55. The van der Waals surface area contributed by atoms with E-state index in [9.17, 15) is 14.4 Å². The van der Waals surface area contributed by atoms with Crippen LogP contribution in [-0.4, -0.2) is 37.2 Å². The van der Waals surface area contributed by atoms with Gasteiger partial charge in [-0.3, -0.25) is 14.4 Å². The molecule has 0 rings (SSSR count). The van der Waals surface area contributed by atoms with Crippen molar-refractivity contribution < 1.29 is 28.6 Å². The molecule has 0 aliphatic heterocycles. The SMILES string of the molecule is CC/C=C\C/C=C\C/C=C\C/C=C\C/C=C\CCCCCCCCCC(=O)OCC(COC(=O)CC/C=C\C/C=C\C/C=C\C/C=C\CC)OC(=O)CCC/C=C\C/C=C\C/C=C\C/C=C\C/C=C\CC. The molecule has 0 aromatic carbocycles. The van der Waals surface area contributed by atoms with Gasteiger partial charge in [-0.1, -0.05) is 223 Å². The molecule has 394 valence electrons. The first-order valence-electron chi connectivity index (χ1n) is 27.6. The summed E-state index contributed by atoms with van der Waals surface area (Å²) in [6, 6.07) is 0. The number of hydrogen-bond acceptors (Lipinski definition) is 6. The Hall–Kier alpha value is -5.23. The molecule has 0 fully saturated rings. The van der Waals surface area contributed by atoms with E-state index in [1.165, 1.54) is 19.3 Å². The normalized spacial score (nSPS) is 13.5. The molecule has 0 spiro atoms. The second-order valence-electron chi connectivity index (χ2n) is 17.3. The molecule has 0 heterocycles. The Morgan fingerprint density at radius 2 is 0.549 bits per heavy atom. The summed E-state index contributed by atoms with van der Waals surface area (Å²) in [5.74, 6) is -1.10. The topological polar surface area (TPSA) is 78.9 Å². The van der Waals surface area contributed by atoms with E-state index in [-0.39, 0.29) is 38.0 Å². The molecule has 1 unspecified atom stereocenters. The molecule has 0 aliphatic rings. The van der Waals surface area contributed by atoms with E-state index in [1.54, 1.807) is 0 Å². The molecule has 0 bridgehead atoms. The van der Waals surface area contributed by atoms with Gasteiger partial charge in [0, 0.05) is 19.3 Å². The number of rotatable bonds is 47. The van der Waals surface area contributed by atoms with E-state index in [0.29, 0.717) is 19.3 Å². The molecule has 1 atom stereocenters. The Kier molecular flexibility index (Phi) is 53.1. The van der Waals surface area contributed by atoms with E-state index < -0.39 is 12.1 Å². The van der Waals surface area contributed by atoms with Crippen LogP contribution in [0.4, 0.5) is 0 Å². The Bertz CT molecular complexity index is 1690. The van der Waals surface area contributed by atoms with Crippen molar-refractivity contribution >= 4 is 17.9 Å². The first-order chi connectivity index (χ1) is 35.0. The third-order valence-corrected chi connectivity index (χ3v) is 10.7. The first kappa shape index (κ1) is 65.8. The van der Waals surface area contributed by atoms with Crippen LogP contribution < -0.4 is 0 Å². The number of allylic oxidation sites excluding steroid dienone is 28. The fraction of sp³-hybridized carbons (Fsp3) is 0.523. The molecular weight excluding hydrogens is 877 g/mol. The number of esters is 3. The Morgan fingerprint density at radius 3 is 0.915 bits per heavy atom. The summed E-state index contributed by atoms with van der Waals surface area (Å²) in [7, 11) is 0. The van der Waals surface area contributed by atoms with E-state index in [1.807, 2.05) is 12.2 Å². The zero-order chi connectivity index (χ0) is 51.4. The molecule has 0 amide bonds. The zero-order valence-electron chi connectivity index (χ0n) is 44.9. The summed E-state index contributed by atoms with van der Waals surface area (Å²) in [6.45, 7) is 6.15. The zero-order valence-corrected chi connectivity index (χ0v) is 44.9. The highest BCUT2D eigenvalue weighted by Gasteiger charge is 2.19. The van der Waals surface area contributed by atoms with Crippen LogP contribution in [0.5, 0.6) is 0 Å². The average Bonchev–Trinajstić information content (AvgIpc) is 3.37. The highest BCUT2D eigenvalue weighted by atomic mass is 16.6. The lowest BCUT2D eigenvalue weighted by molar-refractivity contribution is -0.166. The van der Waals surface area contributed by atoms with Crippen LogP contribution in [0.3, 0.4) is 0 Å². The monoisotopic (exact) mass is 975 g/mol. The summed E-state index contributed by atoms with van der Waals surface area (Å²) < 4.78 is 16.7. The average molecular weight is 975 g/mol. The van der Waals surface area contributed by atoms with Gasteiger partial charge < -0.3 is 14.2 Å². The molecule has 0 saturated carbocycles. The highest BCUT2D eigenvalue weighted by molar-refractivity contribution is 5.71. The molecule has 6 heteroatoms. The van der Waals surface area contributed by atoms with Gasteiger partial charge in [0.15, 0.2) is 6.10 Å². The van der Waals surface area contributed by atoms with Crippen LogP contribution in [0, 0.1) is 0 Å². The summed E-state index contributed by atoms with van der Waals surface area (Å²) in [6.07, 6.45) is 85.0. The van der Waals surface area contributed by atoms with Gasteiger partial charge >= 0.3 is 17.9 Å². The lowest BCUT2D eigenvalue weighted by Crippen LogP contribution is -2.30. The van der Waals surface area contributed by atoms with E-state index in [2.05, 4.69) is 179 Å². The van der Waals surface area contributed by atoms with Crippen molar-refractivity contribution in [2.75, 3.05) is 13.2 Å². The molecule has 0 N–H and O–H groups in total. The minimum atomic E-state index is -0.851. The molecule has 0 aliphatic carbocycles. The van der Waals surface area contributed by atoms with E-state index in [4.69, 9.17) is 14.2 Å². The largest absolute Gasteiger partial charge is 0.462 e. The fourth-order valence-corrected chi connectivity index (χ4v) is 6.69. The predicted molar refractivity (Wildman–Crippen MR) is 306 cm³/mol. The summed E-state index contributed by atoms with van der Waals surface area (Å²) in [5, 5.41) is 0. The van der Waals surface area contributed by atoms with Crippen LogP contribution in [0.1, 0.15) is 201 Å². The fourth-order valence-electron chi connectivity index (χ4n) is 6.69. The summed E-state index contributed by atoms with van der Waals surface area (Å²) in [4.78, 5) is 38.1. The van der Waals surface area contributed by atoms with Crippen molar-refractivity contribution in [3.8, 4) is 0 Å². The van der Waals surface area contributed by atoms with Gasteiger partial charge in [0.1, 0.15) is 13.2 Å². The van der Waals surface area contributed by atoms with Crippen LogP contribution in [0.15, 0.2) is 170 Å². The van der Waals surface area contributed by atoms with Gasteiger partial charge in [-0.15, -0.1) is 0 Å². The minimum Gasteiger partial charge on any atom is -0.462 e. The lowest BCUT2D eigenvalue weighted by atomic mass is 10.1. The van der Waals surface area contributed by atoms with Gasteiger partial charge in [-0.05, 0) is 128 Å². The second-order valence-corrected chi connectivity index (χ2v) is 17.3. The maximum absolute atomic E-state index is 12.8. The van der Waals surface area contributed by atoms with E-state index in [0.717, 1.165) is 128 Å². The van der Waals surface area contributed by atoms with Crippen LogP contribution in [-0.2, 0) is 28.6 Å². The van der Waals surface area contributed by atoms with Crippen molar-refractivity contribution in [3.05, 3.63) is 170 Å². The Labute approximate surface area is 434 Å².